The molecular formula is C13H8Cl2N4. The molecule has 3 aromatic rings. The van der Waals surface area contributed by atoms with Gasteiger partial charge in [-0.25, -0.2) is 4.98 Å². The molecule has 0 aliphatic rings. The second-order valence-corrected chi connectivity index (χ2v) is 4.58. The predicted octanol–water partition coefficient (Wildman–Crippen LogP) is 4.08. The molecule has 0 aliphatic carbocycles. The van der Waals surface area contributed by atoms with E-state index in [0.29, 0.717) is 10.8 Å². The Morgan fingerprint density at radius 1 is 1.00 bits per heavy atom. The average molecular weight is 291 g/mol. The zero-order chi connectivity index (χ0) is 13.2. The summed E-state index contributed by atoms with van der Waals surface area (Å²) in [6.45, 7) is 0. The third-order valence-corrected chi connectivity index (χ3v) is 3.07. The van der Waals surface area contributed by atoms with E-state index in [-0.39, 0.29) is 5.28 Å². The Kier molecular flexibility index (Phi) is 3.19. The van der Waals surface area contributed by atoms with Gasteiger partial charge < -0.3 is 5.32 Å². The van der Waals surface area contributed by atoms with Crippen molar-refractivity contribution in [3.63, 3.8) is 0 Å². The fourth-order valence-corrected chi connectivity index (χ4v) is 2.04. The van der Waals surface area contributed by atoms with E-state index in [0.717, 1.165) is 16.6 Å². The molecular weight excluding hydrogens is 283 g/mol. The fourth-order valence-electron chi connectivity index (χ4n) is 1.77. The number of hydrogen-bond donors (Lipinski definition) is 1. The molecule has 0 aliphatic heterocycles. The Labute approximate surface area is 119 Å². The molecule has 2 aromatic heterocycles. The summed E-state index contributed by atoms with van der Waals surface area (Å²) in [4.78, 5) is 12.2. The highest BCUT2D eigenvalue weighted by Crippen LogP contribution is 2.28. The second-order valence-electron chi connectivity index (χ2n) is 3.84. The van der Waals surface area contributed by atoms with Crippen molar-refractivity contribution in [2.24, 2.45) is 0 Å². The van der Waals surface area contributed by atoms with Crippen molar-refractivity contribution in [1.29, 1.82) is 0 Å². The minimum absolute atomic E-state index is 0.144. The van der Waals surface area contributed by atoms with E-state index in [1.165, 1.54) is 6.20 Å². The molecule has 0 radical (unpaired) electrons. The van der Waals surface area contributed by atoms with E-state index in [1.54, 1.807) is 6.20 Å². The van der Waals surface area contributed by atoms with Gasteiger partial charge >= 0.3 is 0 Å². The topological polar surface area (TPSA) is 50.7 Å². The lowest BCUT2D eigenvalue weighted by atomic mass is 10.2. The maximum Gasteiger partial charge on any atom is 0.224 e. The quantitative estimate of drug-likeness (QED) is 0.723. The van der Waals surface area contributed by atoms with Crippen LogP contribution in [0, 0.1) is 0 Å². The van der Waals surface area contributed by atoms with Crippen LogP contribution < -0.4 is 5.32 Å². The van der Waals surface area contributed by atoms with E-state index in [4.69, 9.17) is 23.2 Å². The number of benzene rings is 1. The molecule has 0 unspecified atom stereocenters. The van der Waals surface area contributed by atoms with Gasteiger partial charge in [-0.15, -0.1) is 0 Å². The average Bonchev–Trinajstić information content (AvgIpc) is 2.43. The monoisotopic (exact) mass is 290 g/mol. The van der Waals surface area contributed by atoms with Crippen molar-refractivity contribution < 1.29 is 0 Å². The number of pyridine rings is 1. The summed E-state index contributed by atoms with van der Waals surface area (Å²) < 4.78 is 0. The number of fused-ring (bicyclic) bond motifs is 1. The van der Waals surface area contributed by atoms with Crippen LogP contribution in [0.4, 0.5) is 11.5 Å². The molecule has 6 heteroatoms. The molecule has 0 saturated carbocycles. The van der Waals surface area contributed by atoms with Gasteiger partial charge in [-0.1, -0.05) is 17.7 Å². The van der Waals surface area contributed by atoms with Crippen molar-refractivity contribution in [2.45, 2.75) is 0 Å². The van der Waals surface area contributed by atoms with Gasteiger partial charge in [0.25, 0.3) is 0 Å². The molecule has 0 saturated heterocycles. The van der Waals surface area contributed by atoms with Crippen molar-refractivity contribution in [3.8, 4) is 0 Å². The molecule has 19 heavy (non-hydrogen) atoms. The number of hydrogen-bond acceptors (Lipinski definition) is 4. The standard InChI is InChI=1S/C13H8Cl2N4/c14-9-7-17-13(15)19-12(9)18-11-5-1-4-10-8(11)3-2-6-16-10/h1-7H,(H,17,18,19). The first-order valence-electron chi connectivity index (χ1n) is 5.53. The largest absolute Gasteiger partial charge is 0.338 e. The van der Waals surface area contributed by atoms with Gasteiger partial charge in [0.05, 0.1) is 11.7 Å². The molecule has 0 spiro atoms. The zero-order valence-corrected chi connectivity index (χ0v) is 11.2. The minimum atomic E-state index is 0.144. The Morgan fingerprint density at radius 3 is 2.79 bits per heavy atom. The van der Waals surface area contributed by atoms with Gasteiger partial charge in [0, 0.05) is 17.3 Å². The van der Waals surface area contributed by atoms with Gasteiger partial charge in [-0.05, 0) is 35.9 Å². The van der Waals surface area contributed by atoms with Crippen LogP contribution in [0.15, 0.2) is 42.7 Å². The first-order chi connectivity index (χ1) is 9.24. The lowest BCUT2D eigenvalue weighted by molar-refractivity contribution is 1.17. The highest BCUT2D eigenvalue weighted by molar-refractivity contribution is 6.33. The van der Waals surface area contributed by atoms with Gasteiger partial charge in [-0.3, -0.25) is 4.98 Å². The van der Waals surface area contributed by atoms with Crippen LogP contribution >= 0.6 is 23.2 Å². The first kappa shape index (κ1) is 12.1. The molecule has 0 bridgehead atoms. The molecule has 4 nitrogen and oxygen atoms in total. The summed E-state index contributed by atoms with van der Waals surface area (Å²) in [6, 6.07) is 9.63. The van der Waals surface area contributed by atoms with Gasteiger partial charge in [-0.2, -0.15) is 4.98 Å². The zero-order valence-electron chi connectivity index (χ0n) is 9.64. The molecule has 0 atom stereocenters. The number of anilines is 2. The normalized spacial score (nSPS) is 10.6. The highest BCUT2D eigenvalue weighted by atomic mass is 35.5. The smallest absolute Gasteiger partial charge is 0.224 e. The van der Waals surface area contributed by atoms with Gasteiger partial charge in [0.1, 0.15) is 5.02 Å². The lowest BCUT2D eigenvalue weighted by Gasteiger charge is -2.09. The van der Waals surface area contributed by atoms with Crippen LogP contribution in [-0.2, 0) is 0 Å². The lowest BCUT2D eigenvalue weighted by Crippen LogP contribution is -1.97. The molecule has 1 N–H and O–H groups in total. The van der Waals surface area contributed by atoms with Crippen molar-refractivity contribution >= 4 is 45.6 Å². The van der Waals surface area contributed by atoms with Crippen molar-refractivity contribution in [3.05, 3.63) is 53.0 Å². The molecule has 3 rings (SSSR count). The van der Waals surface area contributed by atoms with E-state index >= 15 is 0 Å². The molecule has 0 amide bonds. The number of rotatable bonds is 2. The molecule has 2 heterocycles. The Bertz CT molecular complexity index is 740. The van der Waals surface area contributed by atoms with E-state index in [1.807, 2.05) is 30.3 Å². The summed E-state index contributed by atoms with van der Waals surface area (Å²) >= 11 is 11.8. The fraction of sp³-hybridized carbons (Fsp3) is 0. The van der Waals surface area contributed by atoms with E-state index in [2.05, 4.69) is 20.3 Å². The molecule has 1 aromatic carbocycles. The first-order valence-corrected chi connectivity index (χ1v) is 6.28. The summed E-state index contributed by atoms with van der Waals surface area (Å²) in [5, 5.41) is 4.68. The molecule has 94 valence electrons. The van der Waals surface area contributed by atoms with Crippen LogP contribution in [0.2, 0.25) is 10.3 Å². The van der Waals surface area contributed by atoms with Gasteiger partial charge in [0.2, 0.25) is 5.28 Å². The number of aromatic nitrogens is 3. The van der Waals surface area contributed by atoms with Crippen LogP contribution in [0.25, 0.3) is 10.9 Å². The second kappa shape index (κ2) is 4.99. The Hall–Kier alpha value is -1.91. The summed E-state index contributed by atoms with van der Waals surface area (Å²) in [5.74, 6) is 0.470. The van der Waals surface area contributed by atoms with Crippen LogP contribution in [0.1, 0.15) is 0 Å². The van der Waals surface area contributed by atoms with E-state index < -0.39 is 0 Å². The Morgan fingerprint density at radius 2 is 1.89 bits per heavy atom. The summed E-state index contributed by atoms with van der Waals surface area (Å²) in [6.07, 6.45) is 3.21. The Balaban J connectivity index is 2.08. The van der Waals surface area contributed by atoms with Gasteiger partial charge in [0.15, 0.2) is 5.82 Å². The van der Waals surface area contributed by atoms with Crippen LogP contribution in [-0.4, -0.2) is 15.0 Å². The number of nitrogens with one attached hydrogen (secondary N) is 1. The maximum atomic E-state index is 6.04. The highest BCUT2D eigenvalue weighted by Gasteiger charge is 2.07. The van der Waals surface area contributed by atoms with Crippen LogP contribution in [0.3, 0.4) is 0 Å². The van der Waals surface area contributed by atoms with Crippen molar-refractivity contribution in [1.82, 2.24) is 15.0 Å². The predicted molar refractivity (Wildman–Crippen MR) is 77.1 cm³/mol. The minimum Gasteiger partial charge on any atom is -0.338 e. The third kappa shape index (κ3) is 2.45. The maximum absolute atomic E-state index is 6.04. The van der Waals surface area contributed by atoms with Crippen LogP contribution in [0.5, 0.6) is 0 Å². The molecule has 0 fully saturated rings. The number of nitrogens with zero attached hydrogens (tertiary/aromatic N) is 3. The third-order valence-electron chi connectivity index (χ3n) is 2.61. The van der Waals surface area contributed by atoms with Crippen molar-refractivity contribution in [2.75, 3.05) is 5.32 Å². The SMILES string of the molecule is Clc1ncc(Cl)c(Nc2cccc3ncccc23)n1. The summed E-state index contributed by atoms with van der Waals surface area (Å²) in [7, 11) is 0. The van der Waals surface area contributed by atoms with E-state index in [9.17, 15) is 0 Å². The summed E-state index contributed by atoms with van der Waals surface area (Å²) in [5.41, 5.74) is 1.76. The number of halogens is 2.